The Labute approximate surface area is 127 Å². The van der Waals surface area contributed by atoms with E-state index in [2.05, 4.69) is 11.4 Å². The topological polar surface area (TPSA) is 45.0 Å². The third kappa shape index (κ3) is 3.36. The van der Waals surface area contributed by atoms with Crippen LogP contribution in [0.1, 0.15) is 11.1 Å². The van der Waals surface area contributed by atoms with Gasteiger partial charge in [-0.15, -0.1) is 0 Å². The molecule has 0 bridgehead atoms. The summed E-state index contributed by atoms with van der Waals surface area (Å²) in [7, 11) is 1.60. The highest BCUT2D eigenvalue weighted by molar-refractivity contribution is 6.31. The smallest absolute Gasteiger partial charge is 0.142 e. The van der Waals surface area contributed by atoms with Crippen molar-refractivity contribution in [3.05, 3.63) is 57.6 Å². The van der Waals surface area contributed by atoms with E-state index < -0.39 is 0 Å². The second-order valence-electron chi connectivity index (χ2n) is 4.12. The molecule has 0 aliphatic carbocycles. The minimum Gasteiger partial charge on any atom is -0.495 e. The lowest BCUT2D eigenvalue weighted by Gasteiger charge is -2.12. The first-order chi connectivity index (χ1) is 9.63. The average molecular weight is 307 g/mol. The normalized spacial score (nSPS) is 9.90. The second kappa shape index (κ2) is 6.51. The van der Waals surface area contributed by atoms with Crippen molar-refractivity contribution in [3.63, 3.8) is 0 Å². The number of ether oxygens (including phenoxy) is 1. The average Bonchev–Trinajstić information content (AvgIpc) is 2.46. The van der Waals surface area contributed by atoms with Crippen LogP contribution in [0.3, 0.4) is 0 Å². The van der Waals surface area contributed by atoms with E-state index in [1.54, 1.807) is 37.4 Å². The number of nitriles is 1. The van der Waals surface area contributed by atoms with Gasteiger partial charge in [-0.3, -0.25) is 0 Å². The first-order valence-electron chi connectivity index (χ1n) is 5.90. The van der Waals surface area contributed by atoms with Crippen molar-refractivity contribution in [1.29, 1.82) is 5.26 Å². The largest absolute Gasteiger partial charge is 0.495 e. The predicted octanol–water partition coefficient (Wildman–Crippen LogP) is 4.49. The van der Waals surface area contributed by atoms with Crippen LogP contribution in [0.15, 0.2) is 36.4 Å². The maximum atomic E-state index is 8.80. The Morgan fingerprint density at radius 2 is 2.00 bits per heavy atom. The van der Waals surface area contributed by atoms with E-state index in [9.17, 15) is 0 Å². The van der Waals surface area contributed by atoms with E-state index in [1.807, 2.05) is 6.07 Å². The first kappa shape index (κ1) is 14.5. The van der Waals surface area contributed by atoms with E-state index in [0.29, 0.717) is 27.9 Å². The van der Waals surface area contributed by atoms with E-state index in [1.165, 1.54) is 0 Å². The molecular weight excluding hydrogens is 295 g/mol. The molecule has 0 aromatic heterocycles. The zero-order chi connectivity index (χ0) is 14.5. The summed E-state index contributed by atoms with van der Waals surface area (Å²) in [5.41, 5.74) is 2.23. The van der Waals surface area contributed by atoms with Crippen molar-refractivity contribution in [3.8, 4) is 11.8 Å². The van der Waals surface area contributed by atoms with Gasteiger partial charge in [0.25, 0.3) is 0 Å². The van der Waals surface area contributed by atoms with Crippen LogP contribution in [0, 0.1) is 11.3 Å². The highest BCUT2D eigenvalue weighted by Crippen LogP contribution is 2.28. The third-order valence-electron chi connectivity index (χ3n) is 2.81. The van der Waals surface area contributed by atoms with E-state index in [4.69, 9.17) is 33.2 Å². The van der Waals surface area contributed by atoms with Crippen molar-refractivity contribution in [2.75, 3.05) is 12.4 Å². The number of benzene rings is 2. The number of rotatable bonds is 4. The van der Waals surface area contributed by atoms with Crippen LogP contribution < -0.4 is 10.1 Å². The highest BCUT2D eigenvalue weighted by Gasteiger charge is 2.06. The van der Waals surface area contributed by atoms with Gasteiger partial charge in [0.2, 0.25) is 0 Å². The molecule has 0 atom stereocenters. The molecule has 0 aliphatic heterocycles. The van der Waals surface area contributed by atoms with Gasteiger partial charge in [-0.1, -0.05) is 29.3 Å². The molecule has 3 nitrogen and oxygen atoms in total. The number of nitrogens with zero attached hydrogens (tertiary/aromatic N) is 1. The monoisotopic (exact) mass is 306 g/mol. The maximum Gasteiger partial charge on any atom is 0.142 e. The Bertz CT molecular complexity index is 665. The van der Waals surface area contributed by atoms with Gasteiger partial charge >= 0.3 is 0 Å². The van der Waals surface area contributed by atoms with Gasteiger partial charge < -0.3 is 10.1 Å². The zero-order valence-corrected chi connectivity index (χ0v) is 12.3. The van der Waals surface area contributed by atoms with Gasteiger partial charge in [0.15, 0.2) is 0 Å². The third-order valence-corrected chi connectivity index (χ3v) is 3.40. The highest BCUT2D eigenvalue weighted by atomic mass is 35.5. The van der Waals surface area contributed by atoms with Crippen molar-refractivity contribution in [2.45, 2.75) is 6.54 Å². The summed E-state index contributed by atoms with van der Waals surface area (Å²) in [6.45, 7) is 0.515. The lowest BCUT2D eigenvalue weighted by Crippen LogP contribution is -2.02. The van der Waals surface area contributed by atoms with Crippen molar-refractivity contribution < 1.29 is 4.74 Å². The van der Waals surface area contributed by atoms with Crippen LogP contribution in [-0.4, -0.2) is 7.11 Å². The van der Waals surface area contributed by atoms with E-state index in [-0.39, 0.29) is 0 Å². The summed E-state index contributed by atoms with van der Waals surface area (Å²) in [6.07, 6.45) is 0. The molecule has 0 saturated carbocycles. The molecule has 2 rings (SSSR count). The van der Waals surface area contributed by atoms with Gasteiger partial charge in [0.05, 0.1) is 24.4 Å². The van der Waals surface area contributed by atoms with Gasteiger partial charge in [0, 0.05) is 16.6 Å². The Hall–Kier alpha value is -1.89. The molecule has 0 amide bonds. The van der Waals surface area contributed by atoms with Crippen molar-refractivity contribution in [2.24, 2.45) is 0 Å². The van der Waals surface area contributed by atoms with Gasteiger partial charge in [-0.05, 0) is 35.9 Å². The second-order valence-corrected chi connectivity index (χ2v) is 4.96. The van der Waals surface area contributed by atoms with E-state index >= 15 is 0 Å². The minimum atomic E-state index is 0.515. The molecule has 20 heavy (non-hydrogen) atoms. The first-order valence-corrected chi connectivity index (χ1v) is 6.65. The fraction of sp³-hybridized carbons (Fsp3) is 0.133. The zero-order valence-electron chi connectivity index (χ0n) is 10.8. The van der Waals surface area contributed by atoms with Crippen LogP contribution >= 0.6 is 23.2 Å². The standard InChI is InChI=1S/C15H12Cl2N2O/c1-20-15-5-4-12(16)7-14(15)19-9-11-3-2-10(8-18)6-13(11)17/h2-7,19H,9H2,1H3. The number of hydrogen-bond donors (Lipinski definition) is 1. The van der Waals surface area contributed by atoms with Crippen LogP contribution in [0.4, 0.5) is 5.69 Å². The molecule has 1 N–H and O–H groups in total. The maximum absolute atomic E-state index is 8.80. The van der Waals surface area contributed by atoms with E-state index in [0.717, 1.165) is 11.3 Å². The van der Waals surface area contributed by atoms with Gasteiger partial charge in [0.1, 0.15) is 5.75 Å². The van der Waals surface area contributed by atoms with Gasteiger partial charge in [-0.25, -0.2) is 0 Å². The number of methoxy groups -OCH3 is 1. The molecular formula is C15H12Cl2N2O. The number of hydrogen-bond acceptors (Lipinski definition) is 3. The minimum absolute atomic E-state index is 0.515. The Morgan fingerprint density at radius 1 is 1.20 bits per heavy atom. The lowest BCUT2D eigenvalue weighted by molar-refractivity contribution is 0.416. The molecule has 2 aromatic carbocycles. The Balaban J connectivity index is 2.17. The molecule has 0 heterocycles. The molecule has 0 fully saturated rings. The summed E-state index contributed by atoms with van der Waals surface area (Å²) >= 11 is 12.1. The fourth-order valence-electron chi connectivity index (χ4n) is 1.77. The summed E-state index contributed by atoms with van der Waals surface area (Å²) in [5.74, 6) is 0.708. The Morgan fingerprint density at radius 3 is 2.65 bits per heavy atom. The van der Waals surface area contributed by atoms with Crippen LogP contribution in [0.5, 0.6) is 5.75 Å². The molecule has 0 aliphatic rings. The molecule has 0 unspecified atom stereocenters. The molecule has 5 heteroatoms. The lowest BCUT2D eigenvalue weighted by atomic mass is 10.1. The number of anilines is 1. The quantitative estimate of drug-likeness (QED) is 0.905. The molecule has 0 spiro atoms. The summed E-state index contributed by atoms with van der Waals surface area (Å²) in [4.78, 5) is 0. The van der Waals surface area contributed by atoms with Crippen molar-refractivity contribution >= 4 is 28.9 Å². The fourth-order valence-corrected chi connectivity index (χ4v) is 2.19. The molecule has 0 saturated heterocycles. The summed E-state index contributed by atoms with van der Waals surface area (Å²) in [5, 5.41) is 13.2. The number of nitrogens with one attached hydrogen (secondary N) is 1. The van der Waals surface area contributed by atoms with Gasteiger partial charge in [-0.2, -0.15) is 5.26 Å². The Kier molecular flexibility index (Phi) is 4.73. The summed E-state index contributed by atoms with van der Waals surface area (Å²) < 4.78 is 5.26. The van der Waals surface area contributed by atoms with Crippen LogP contribution in [0.2, 0.25) is 10.0 Å². The predicted molar refractivity (Wildman–Crippen MR) is 81.5 cm³/mol. The van der Waals surface area contributed by atoms with Crippen LogP contribution in [-0.2, 0) is 6.54 Å². The van der Waals surface area contributed by atoms with Crippen molar-refractivity contribution in [1.82, 2.24) is 0 Å². The summed E-state index contributed by atoms with van der Waals surface area (Å²) in [6, 6.07) is 12.6. The molecule has 0 radical (unpaired) electrons. The SMILES string of the molecule is COc1ccc(Cl)cc1NCc1ccc(C#N)cc1Cl. The van der Waals surface area contributed by atoms with Crippen LogP contribution in [0.25, 0.3) is 0 Å². The molecule has 2 aromatic rings. The molecule has 102 valence electrons. The number of halogens is 2.